The molecule has 32 heavy (non-hydrogen) atoms. The summed E-state index contributed by atoms with van der Waals surface area (Å²) in [6.45, 7) is 3.16. The van der Waals surface area contributed by atoms with Crippen molar-refractivity contribution in [2.75, 3.05) is 33.4 Å². The van der Waals surface area contributed by atoms with E-state index in [-0.39, 0.29) is 18.0 Å². The molecule has 3 amide bonds. The van der Waals surface area contributed by atoms with Crippen molar-refractivity contribution in [3.63, 3.8) is 0 Å². The summed E-state index contributed by atoms with van der Waals surface area (Å²) in [5.74, 6) is -0.0195. The maximum absolute atomic E-state index is 13.9. The fourth-order valence-electron chi connectivity index (χ4n) is 5.56. The Morgan fingerprint density at radius 1 is 1.03 bits per heavy atom. The second kappa shape index (κ2) is 8.64. The molecular formula is C25H30N4O3. The van der Waals surface area contributed by atoms with Crippen molar-refractivity contribution in [2.45, 2.75) is 43.8 Å². The van der Waals surface area contributed by atoms with Crippen LogP contribution in [0.15, 0.2) is 48.7 Å². The fourth-order valence-corrected chi connectivity index (χ4v) is 5.56. The highest BCUT2D eigenvalue weighted by molar-refractivity contribution is 6.07. The first kappa shape index (κ1) is 21.1. The van der Waals surface area contributed by atoms with E-state index in [0.29, 0.717) is 26.0 Å². The van der Waals surface area contributed by atoms with Crippen LogP contribution in [0.5, 0.6) is 0 Å². The van der Waals surface area contributed by atoms with Crippen LogP contribution in [0.3, 0.4) is 0 Å². The zero-order valence-corrected chi connectivity index (χ0v) is 18.6. The molecule has 0 atom stereocenters. The number of pyridine rings is 1. The smallest absolute Gasteiger partial charge is 0.328 e. The number of piperidine rings is 1. The lowest BCUT2D eigenvalue weighted by molar-refractivity contribution is -0.137. The number of nitrogens with zero attached hydrogens (tertiary/aromatic N) is 4. The summed E-state index contributed by atoms with van der Waals surface area (Å²) in [5, 5.41) is 0. The quantitative estimate of drug-likeness (QED) is 0.654. The second-order valence-corrected chi connectivity index (χ2v) is 9.06. The van der Waals surface area contributed by atoms with Gasteiger partial charge in [-0.2, -0.15) is 0 Å². The number of carbonyl (C=O) groups is 2. The minimum Gasteiger partial charge on any atom is -0.383 e. The first-order valence-corrected chi connectivity index (χ1v) is 11.5. The van der Waals surface area contributed by atoms with Gasteiger partial charge in [0.25, 0.3) is 5.91 Å². The van der Waals surface area contributed by atoms with Gasteiger partial charge in [0, 0.05) is 45.5 Å². The molecule has 2 saturated heterocycles. The van der Waals surface area contributed by atoms with Crippen molar-refractivity contribution >= 4 is 11.9 Å². The molecule has 2 aromatic rings. The van der Waals surface area contributed by atoms with Crippen LogP contribution in [0.2, 0.25) is 0 Å². The number of hydrogen-bond acceptors (Lipinski definition) is 5. The van der Waals surface area contributed by atoms with Gasteiger partial charge in [-0.15, -0.1) is 0 Å². The standard InChI is InChI=1S/C25H30N4O3/c1-32-15-14-28-24(31)29(22-16-19-6-2-3-7-20(19)17-22)23(30)25(28)9-12-27(13-10-25)18-21-8-4-5-11-26-21/h2-8,11,22H,9-10,12-18H2,1H3. The molecule has 0 radical (unpaired) electrons. The van der Waals surface area contributed by atoms with Gasteiger partial charge in [-0.25, -0.2) is 4.79 Å². The Labute approximate surface area is 189 Å². The highest BCUT2D eigenvalue weighted by atomic mass is 16.5. The van der Waals surface area contributed by atoms with Gasteiger partial charge in [0.15, 0.2) is 0 Å². The molecule has 7 nitrogen and oxygen atoms in total. The number of aromatic nitrogens is 1. The fraction of sp³-hybridized carbons (Fsp3) is 0.480. The highest BCUT2D eigenvalue weighted by Gasteiger charge is 2.59. The highest BCUT2D eigenvalue weighted by Crippen LogP contribution is 2.40. The Morgan fingerprint density at radius 2 is 1.72 bits per heavy atom. The number of benzene rings is 1. The Balaban J connectivity index is 1.35. The number of ether oxygens (including phenoxy) is 1. The maximum Gasteiger partial charge on any atom is 0.328 e. The van der Waals surface area contributed by atoms with Crippen molar-refractivity contribution < 1.29 is 14.3 Å². The van der Waals surface area contributed by atoms with Gasteiger partial charge < -0.3 is 9.64 Å². The average molecular weight is 435 g/mol. The third kappa shape index (κ3) is 3.59. The number of carbonyl (C=O) groups excluding carboxylic acids is 2. The first-order chi connectivity index (χ1) is 15.6. The molecule has 1 aromatic carbocycles. The summed E-state index contributed by atoms with van der Waals surface area (Å²) in [6, 6.07) is 14.0. The molecule has 0 bridgehead atoms. The van der Waals surface area contributed by atoms with E-state index in [1.54, 1.807) is 16.9 Å². The van der Waals surface area contributed by atoms with Crippen LogP contribution in [0.4, 0.5) is 4.79 Å². The molecule has 1 aliphatic carbocycles. The van der Waals surface area contributed by atoms with E-state index in [1.165, 1.54) is 11.1 Å². The maximum atomic E-state index is 13.9. The van der Waals surface area contributed by atoms with E-state index in [2.05, 4.69) is 22.0 Å². The number of hydrogen-bond donors (Lipinski definition) is 0. The van der Waals surface area contributed by atoms with Crippen LogP contribution < -0.4 is 0 Å². The molecule has 5 rings (SSSR count). The summed E-state index contributed by atoms with van der Waals surface area (Å²) < 4.78 is 5.29. The Hall–Kier alpha value is -2.77. The van der Waals surface area contributed by atoms with Crippen molar-refractivity contribution in [2.24, 2.45) is 0 Å². The van der Waals surface area contributed by atoms with Crippen molar-refractivity contribution in [1.82, 2.24) is 19.7 Å². The zero-order valence-electron chi connectivity index (χ0n) is 18.6. The van der Waals surface area contributed by atoms with Crippen molar-refractivity contribution in [3.05, 3.63) is 65.5 Å². The molecule has 2 fully saturated rings. The number of rotatable bonds is 6. The minimum atomic E-state index is -0.759. The molecular weight excluding hydrogens is 404 g/mol. The Bertz CT molecular complexity index is 963. The summed E-state index contributed by atoms with van der Waals surface area (Å²) in [5.41, 5.74) is 2.75. The number of methoxy groups -OCH3 is 1. The first-order valence-electron chi connectivity index (χ1n) is 11.5. The molecule has 1 aromatic heterocycles. The second-order valence-electron chi connectivity index (χ2n) is 9.06. The number of imide groups is 1. The van der Waals surface area contributed by atoms with Gasteiger partial charge in [-0.1, -0.05) is 30.3 Å². The topological polar surface area (TPSA) is 66.0 Å². The Morgan fingerprint density at radius 3 is 2.34 bits per heavy atom. The summed E-state index contributed by atoms with van der Waals surface area (Å²) >= 11 is 0. The molecule has 7 heteroatoms. The van der Waals surface area contributed by atoms with Gasteiger partial charge in [-0.05, 0) is 48.9 Å². The lowest BCUT2D eigenvalue weighted by Crippen LogP contribution is -2.57. The van der Waals surface area contributed by atoms with E-state index in [1.807, 2.05) is 36.5 Å². The van der Waals surface area contributed by atoms with Gasteiger partial charge in [0.2, 0.25) is 0 Å². The van der Waals surface area contributed by atoms with Gasteiger partial charge in [0.1, 0.15) is 5.54 Å². The third-order valence-corrected chi connectivity index (χ3v) is 7.28. The number of likely N-dealkylation sites (tertiary alicyclic amines) is 1. The number of urea groups is 1. The molecule has 1 spiro atoms. The van der Waals surface area contributed by atoms with Crippen molar-refractivity contribution in [3.8, 4) is 0 Å². The summed E-state index contributed by atoms with van der Waals surface area (Å²) in [6.07, 6.45) is 4.58. The van der Waals surface area contributed by atoms with Crippen molar-refractivity contribution in [1.29, 1.82) is 0 Å². The molecule has 2 aliphatic heterocycles. The zero-order chi connectivity index (χ0) is 22.1. The molecule has 3 heterocycles. The molecule has 0 unspecified atom stereocenters. The van der Waals surface area contributed by atoms with E-state index < -0.39 is 5.54 Å². The summed E-state index contributed by atoms with van der Waals surface area (Å²) in [4.78, 5) is 37.6. The Kier molecular flexibility index (Phi) is 5.69. The normalized spacial score (nSPS) is 21.0. The van der Waals surface area contributed by atoms with Crippen LogP contribution in [-0.2, 0) is 28.9 Å². The van der Waals surface area contributed by atoms with E-state index >= 15 is 0 Å². The van der Waals surface area contributed by atoms with Gasteiger partial charge in [0.05, 0.1) is 12.3 Å². The van der Waals surface area contributed by atoms with Crippen LogP contribution in [0.1, 0.15) is 29.7 Å². The minimum absolute atomic E-state index is 0.0195. The molecule has 3 aliphatic rings. The summed E-state index contributed by atoms with van der Waals surface area (Å²) in [7, 11) is 1.63. The lowest BCUT2D eigenvalue weighted by atomic mass is 9.85. The lowest BCUT2D eigenvalue weighted by Gasteiger charge is -2.42. The van der Waals surface area contributed by atoms with E-state index in [9.17, 15) is 9.59 Å². The number of fused-ring (bicyclic) bond motifs is 1. The monoisotopic (exact) mass is 434 g/mol. The predicted molar refractivity (Wildman–Crippen MR) is 120 cm³/mol. The molecule has 0 saturated carbocycles. The van der Waals surface area contributed by atoms with E-state index in [0.717, 1.165) is 38.2 Å². The predicted octanol–water partition coefficient (Wildman–Crippen LogP) is 2.49. The van der Waals surface area contributed by atoms with Crippen LogP contribution in [-0.4, -0.2) is 76.6 Å². The number of amides is 3. The molecule has 0 N–H and O–H groups in total. The SMILES string of the molecule is COCCN1C(=O)N(C2Cc3ccccc3C2)C(=O)C12CCN(Cc1ccccn1)CC2. The van der Waals surface area contributed by atoms with Crippen LogP contribution in [0, 0.1) is 0 Å². The van der Waals surface area contributed by atoms with Crippen LogP contribution in [0.25, 0.3) is 0 Å². The average Bonchev–Trinajstić information content (AvgIpc) is 3.32. The van der Waals surface area contributed by atoms with E-state index in [4.69, 9.17) is 4.74 Å². The van der Waals surface area contributed by atoms with Gasteiger partial charge >= 0.3 is 6.03 Å². The van der Waals surface area contributed by atoms with Gasteiger partial charge in [-0.3, -0.25) is 19.6 Å². The molecule has 168 valence electrons. The third-order valence-electron chi connectivity index (χ3n) is 7.28. The largest absolute Gasteiger partial charge is 0.383 e. The van der Waals surface area contributed by atoms with Crippen LogP contribution >= 0.6 is 0 Å².